The third-order valence-corrected chi connectivity index (χ3v) is 2.76. The van der Waals surface area contributed by atoms with Crippen molar-refractivity contribution in [3.8, 4) is 0 Å². The van der Waals surface area contributed by atoms with Crippen LogP contribution in [0.3, 0.4) is 0 Å². The third kappa shape index (κ3) is 4.20. The Labute approximate surface area is 116 Å². The number of carbonyl (C=O) groups excluding carboxylic acids is 2. The number of aromatic nitrogens is 1. The summed E-state index contributed by atoms with van der Waals surface area (Å²) < 4.78 is 9.94. The van der Waals surface area contributed by atoms with Crippen LogP contribution in [-0.4, -0.2) is 35.8 Å². The molecule has 0 aliphatic rings. The molecule has 0 aliphatic carbocycles. The Morgan fingerprint density at radius 2 is 2.05 bits per heavy atom. The fourth-order valence-corrected chi connectivity index (χ4v) is 1.89. The van der Waals surface area contributed by atoms with Crippen molar-refractivity contribution in [3.05, 3.63) is 10.9 Å². The number of hydrogen-bond acceptors (Lipinski definition) is 6. The van der Waals surface area contributed by atoms with Crippen molar-refractivity contribution in [1.29, 1.82) is 0 Å². The maximum Gasteiger partial charge on any atom is 0.416 e. The molecule has 1 rings (SSSR count). The summed E-state index contributed by atoms with van der Waals surface area (Å²) in [6, 6.07) is -0.804. The van der Waals surface area contributed by atoms with E-state index in [4.69, 9.17) is 4.74 Å². The standard InChI is InChI=1S/C12H18N2O4S/c1-8(10(15)17-5)14(9-6-19-7-13-9)11(16)18-12(2,3)4/h6-8H,1-5H3. The zero-order valence-electron chi connectivity index (χ0n) is 11.7. The van der Waals surface area contributed by atoms with Gasteiger partial charge in [0, 0.05) is 5.38 Å². The summed E-state index contributed by atoms with van der Waals surface area (Å²) in [4.78, 5) is 29.0. The molecule has 19 heavy (non-hydrogen) atoms. The molecule has 0 aliphatic heterocycles. The van der Waals surface area contributed by atoms with Crippen LogP contribution in [-0.2, 0) is 14.3 Å². The molecule has 1 heterocycles. The summed E-state index contributed by atoms with van der Waals surface area (Å²) in [5, 5.41) is 1.67. The summed E-state index contributed by atoms with van der Waals surface area (Å²) in [5.41, 5.74) is 0.928. The van der Waals surface area contributed by atoms with Crippen LogP contribution >= 0.6 is 11.3 Å². The van der Waals surface area contributed by atoms with E-state index in [1.54, 1.807) is 38.6 Å². The van der Waals surface area contributed by atoms with E-state index in [0.717, 1.165) is 0 Å². The lowest BCUT2D eigenvalue weighted by Crippen LogP contribution is -2.46. The van der Waals surface area contributed by atoms with Crippen molar-refractivity contribution >= 4 is 29.2 Å². The summed E-state index contributed by atoms with van der Waals surface area (Å²) in [7, 11) is 1.27. The Morgan fingerprint density at radius 3 is 2.47 bits per heavy atom. The van der Waals surface area contributed by atoms with E-state index >= 15 is 0 Å². The quantitative estimate of drug-likeness (QED) is 0.798. The molecule has 0 radical (unpaired) electrons. The highest BCUT2D eigenvalue weighted by atomic mass is 32.1. The van der Waals surface area contributed by atoms with Crippen LogP contribution in [0.2, 0.25) is 0 Å². The van der Waals surface area contributed by atoms with Gasteiger partial charge in [-0.3, -0.25) is 0 Å². The molecule has 1 aromatic rings. The second-order valence-corrected chi connectivity index (χ2v) is 5.61. The molecule has 1 amide bonds. The number of amides is 1. The highest BCUT2D eigenvalue weighted by Crippen LogP contribution is 2.21. The van der Waals surface area contributed by atoms with Gasteiger partial charge in [0.05, 0.1) is 12.6 Å². The molecule has 106 valence electrons. The van der Waals surface area contributed by atoms with E-state index in [-0.39, 0.29) is 0 Å². The van der Waals surface area contributed by atoms with Gasteiger partial charge in [-0.15, -0.1) is 11.3 Å². The molecule has 0 bridgehead atoms. The first-order valence-corrected chi connectivity index (χ1v) is 6.69. The van der Waals surface area contributed by atoms with Crippen LogP contribution in [0.5, 0.6) is 0 Å². The molecule has 0 fully saturated rings. The van der Waals surface area contributed by atoms with Gasteiger partial charge in [0.15, 0.2) is 0 Å². The number of methoxy groups -OCH3 is 1. The van der Waals surface area contributed by atoms with Gasteiger partial charge < -0.3 is 9.47 Å². The topological polar surface area (TPSA) is 68.7 Å². The van der Waals surface area contributed by atoms with Crippen molar-refractivity contribution in [1.82, 2.24) is 4.98 Å². The molecule has 0 saturated heterocycles. The number of carbonyl (C=O) groups is 2. The second kappa shape index (κ2) is 6.01. The highest BCUT2D eigenvalue weighted by molar-refractivity contribution is 7.07. The minimum absolute atomic E-state index is 0.372. The van der Waals surface area contributed by atoms with E-state index < -0.39 is 23.7 Å². The maximum atomic E-state index is 12.2. The second-order valence-electron chi connectivity index (χ2n) is 4.90. The van der Waals surface area contributed by atoms with Crippen molar-refractivity contribution in [2.24, 2.45) is 0 Å². The third-order valence-electron chi connectivity index (χ3n) is 2.19. The first-order chi connectivity index (χ1) is 8.76. The smallest absolute Gasteiger partial charge is 0.416 e. The fourth-order valence-electron chi connectivity index (χ4n) is 1.36. The average Bonchev–Trinajstić information content (AvgIpc) is 2.79. The number of ether oxygens (including phenoxy) is 2. The number of rotatable bonds is 3. The van der Waals surface area contributed by atoms with Gasteiger partial charge in [0.1, 0.15) is 17.5 Å². The van der Waals surface area contributed by atoms with E-state index in [0.29, 0.717) is 5.82 Å². The maximum absolute atomic E-state index is 12.2. The Balaban J connectivity index is 3.00. The first-order valence-electron chi connectivity index (χ1n) is 5.74. The van der Waals surface area contributed by atoms with Crippen molar-refractivity contribution in [2.45, 2.75) is 39.3 Å². The van der Waals surface area contributed by atoms with Crippen molar-refractivity contribution in [3.63, 3.8) is 0 Å². The normalized spacial score (nSPS) is 12.7. The van der Waals surface area contributed by atoms with Crippen LogP contribution in [0.1, 0.15) is 27.7 Å². The van der Waals surface area contributed by atoms with Gasteiger partial charge in [-0.05, 0) is 27.7 Å². The summed E-state index contributed by atoms with van der Waals surface area (Å²) in [6.07, 6.45) is -0.628. The monoisotopic (exact) mass is 286 g/mol. The SMILES string of the molecule is COC(=O)C(C)N(C(=O)OC(C)(C)C)c1cscn1. The zero-order chi connectivity index (χ0) is 14.6. The predicted octanol–water partition coefficient (Wildman–Crippen LogP) is 2.45. The Kier molecular flexibility index (Phi) is 4.88. The highest BCUT2D eigenvalue weighted by Gasteiger charge is 2.32. The minimum atomic E-state index is -0.804. The molecule has 0 spiro atoms. The zero-order valence-corrected chi connectivity index (χ0v) is 12.5. The van der Waals surface area contributed by atoms with Gasteiger partial charge in [-0.25, -0.2) is 19.5 Å². The van der Waals surface area contributed by atoms with Gasteiger partial charge in [0.25, 0.3) is 0 Å². The number of anilines is 1. The largest absolute Gasteiger partial charge is 0.467 e. The summed E-state index contributed by atoms with van der Waals surface area (Å²) >= 11 is 1.33. The molecule has 6 nitrogen and oxygen atoms in total. The molecule has 0 N–H and O–H groups in total. The lowest BCUT2D eigenvalue weighted by molar-refractivity contribution is -0.141. The van der Waals surface area contributed by atoms with E-state index in [2.05, 4.69) is 9.72 Å². The van der Waals surface area contributed by atoms with Crippen LogP contribution < -0.4 is 4.90 Å². The molecule has 7 heteroatoms. The van der Waals surface area contributed by atoms with Gasteiger partial charge in [-0.2, -0.15) is 0 Å². The molecule has 1 aromatic heterocycles. The van der Waals surface area contributed by atoms with Gasteiger partial charge in [-0.1, -0.05) is 0 Å². The lowest BCUT2D eigenvalue weighted by atomic mass is 10.2. The first kappa shape index (κ1) is 15.4. The van der Waals surface area contributed by atoms with Crippen LogP contribution in [0.25, 0.3) is 0 Å². The van der Waals surface area contributed by atoms with Crippen LogP contribution in [0, 0.1) is 0 Å². The predicted molar refractivity (Wildman–Crippen MR) is 72.3 cm³/mol. The van der Waals surface area contributed by atoms with Crippen molar-refractivity contribution in [2.75, 3.05) is 12.0 Å². The number of esters is 1. The van der Waals surface area contributed by atoms with Gasteiger partial charge in [0.2, 0.25) is 0 Å². The summed E-state index contributed by atoms with van der Waals surface area (Å²) in [5.74, 6) is -0.156. The lowest BCUT2D eigenvalue weighted by Gasteiger charge is -2.28. The van der Waals surface area contributed by atoms with E-state index in [1.165, 1.54) is 23.3 Å². The fraction of sp³-hybridized carbons (Fsp3) is 0.583. The summed E-state index contributed by atoms with van der Waals surface area (Å²) in [6.45, 7) is 6.84. The Bertz CT molecular complexity index is 439. The Hall–Kier alpha value is -1.63. The molecule has 0 saturated carbocycles. The van der Waals surface area contributed by atoms with E-state index in [1.807, 2.05) is 0 Å². The Morgan fingerprint density at radius 1 is 1.42 bits per heavy atom. The molecule has 1 atom stereocenters. The average molecular weight is 286 g/mol. The number of nitrogens with zero attached hydrogens (tertiary/aromatic N) is 2. The minimum Gasteiger partial charge on any atom is -0.467 e. The van der Waals surface area contributed by atoms with Crippen molar-refractivity contribution < 1.29 is 19.1 Å². The van der Waals surface area contributed by atoms with Crippen LogP contribution in [0.4, 0.5) is 10.6 Å². The van der Waals surface area contributed by atoms with Crippen LogP contribution in [0.15, 0.2) is 10.9 Å². The molecular weight excluding hydrogens is 268 g/mol. The molecular formula is C12H18N2O4S. The van der Waals surface area contributed by atoms with E-state index in [9.17, 15) is 9.59 Å². The van der Waals surface area contributed by atoms with Gasteiger partial charge >= 0.3 is 12.1 Å². The molecule has 0 aromatic carbocycles. The molecule has 1 unspecified atom stereocenters. The number of thiazole rings is 1. The number of hydrogen-bond donors (Lipinski definition) is 0.